The van der Waals surface area contributed by atoms with Gasteiger partial charge in [-0.15, -0.1) is 0 Å². The van der Waals surface area contributed by atoms with Crippen molar-refractivity contribution in [1.82, 2.24) is 19.9 Å². The Kier molecular flexibility index (Phi) is 6.56. The first-order chi connectivity index (χ1) is 12.7. The summed E-state index contributed by atoms with van der Waals surface area (Å²) in [6.07, 6.45) is 1.73. The molecule has 2 aromatic rings. The van der Waals surface area contributed by atoms with Crippen molar-refractivity contribution in [3.63, 3.8) is 0 Å². The van der Waals surface area contributed by atoms with E-state index in [-0.39, 0.29) is 0 Å². The van der Waals surface area contributed by atoms with Gasteiger partial charge in [0.15, 0.2) is 11.2 Å². The van der Waals surface area contributed by atoms with E-state index in [9.17, 15) is 0 Å². The Morgan fingerprint density at radius 2 is 1.18 bits per heavy atom. The Morgan fingerprint density at radius 3 is 1.68 bits per heavy atom. The molecule has 0 fully saturated rings. The molecule has 28 heavy (non-hydrogen) atoms. The molecule has 156 valence electrons. The number of rotatable bonds is 8. The van der Waals surface area contributed by atoms with Gasteiger partial charge in [0.05, 0.1) is 0 Å². The van der Waals surface area contributed by atoms with Gasteiger partial charge in [-0.1, -0.05) is 13.3 Å². The maximum absolute atomic E-state index is 6.23. The van der Waals surface area contributed by atoms with E-state index in [4.69, 9.17) is 23.2 Å². The first-order valence-electron chi connectivity index (χ1n) is 9.82. The molecule has 0 aliphatic rings. The van der Waals surface area contributed by atoms with E-state index >= 15 is 0 Å². The largest absolute Gasteiger partial charge is 0.530 e. The van der Waals surface area contributed by atoms with Gasteiger partial charge in [-0.25, -0.2) is 4.98 Å². The minimum absolute atomic E-state index is 0.302. The minimum atomic E-state index is -1.91. The molecule has 0 spiro atoms. The Labute approximate surface area is 171 Å². The molecule has 10 heteroatoms. The van der Waals surface area contributed by atoms with E-state index in [1.54, 1.807) is 0 Å². The Hall–Kier alpha value is -1.53. The summed E-state index contributed by atoms with van der Waals surface area (Å²) in [7, 11) is -5.64. The van der Waals surface area contributed by atoms with Gasteiger partial charge in [0.1, 0.15) is 5.69 Å². The summed E-state index contributed by atoms with van der Waals surface area (Å²) in [5.41, 5.74) is 1.88. The molecule has 0 saturated heterocycles. The van der Waals surface area contributed by atoms with Crippen molar-refractivity contribution in [3.05, 3.63) is 5.69 Å². The molecule has 2 aromatic heterocycles. The fourth-order valence-electron chi connectivity index (χ4n) is 2.38. The van der Waals surface area contributed by atoms with Crippen LogP contribution >= 0.6 is 0 Å². The highest BCUT2D eigenvalue weighted by Gasteiger charge is 2.26. The third-order valence-corrected chi connectivity index (χ3v) is 5.61. The van der Waals surface area contributed by atoms with E-state index in [1.807, 2.05) is 0 Å². The van der Waals surface area contributed by atoms with Gasteiger partial charge >= 0.3 is 6.01 Å². The molecule has 0 amide bonds. The van der Waals surface area contributed by atoms with Crippen LogP contribution in [-0.2, 0) is 6.42 Å². The lowest BCUT2D eigenvalue weighted by atomic mass is 10.2. The minimum Gasteiger partial charge on any atom is -0.530 e. The van der Waals surface area contributed by atoms with Crippen molar-refractivity contribution in [2.45, 2.75) is 78.7 Å². The fraction of sp³-hybridized carbons (Fsp3) is 0.667. The second-order valence-corrected chi connectivity index (χ2v) is 23.1. The zero-order valence-electron chi connectivity index (χ0n) is 18.9. The van der Waals surface area contributed by atoms with Crippen molar-refractivity contribution in [2.24, 2.45) is 0 Å². The topological polar surface area (TPSA) is 79.3 Å². The quantitative estimate of drug-likeness (QED) is 0.536. The SMILES string of the molecule is CCCc1nc2c(O[Si](C)(C)C)nc(O[Si](C)(C)C)nc2nc1O[Si](C)(C)C. The molecule has 0 unspecified atom stereocenters. The highest BCUT2D eigenvalue weighted by Crippen LogP contribution is 2.30. The normalized spacial score (nSPS) is 12.9. The molecule has 0 bridgehead atoms. The van der Waals surface area contributed by atoms with Crippen LogP contribution in [0.2, 0.25) is 58.9 Å². The zero-order valence-corrected chi connectivity index (χ0v) is 21.9. The van der Waals surface area contributed by atoms with E-state index in [2.05, 4.69) is 75.8 Å². The molecular formula is C18H34N4O3Si3. The maximum Gasteiger partial charge on any atom is 0.308 e. The average Bonchev–Trinajstić information content (AvgIpc) is 2.43. The van der Waals surface area contributed by atoms with Crippen LogP contribution in [0.4, 0.5) is 0 Å². The maximum atomic E-state index is 6.23. The summed E-state index contributed by atoms with van der Waals surface area (Å²) < 4.78 is 18.5. The van der Waals surface area contributed by atoms with Gasteiger partial charge < -0.3 is 13.3 Å². The van der Waals surface area contributed by atoms with Gasteiger partial charge in [-0.05, 0) is 65.3 Å². The zero-order chi connectivity index (χ0) is 21.3. The summed E-state index contributed by atoms with van der Waals surface area (Å²) in [6, 6.07) is 0.302. The number of nitrogens with zero attached hydrogens (tertiary/aromatic N) is 4. The molecule has 7 nitrogen and oxygen atoms in total. The van der Waals surface area contributed by atoms with E-state index in [1.165, 1.54) is 0 Å². The van der Waals surface area contributed by atoms with E-state index in [0.717, 1.165) is 18.5 Å². The van der Waals surface area contributed by atoms with Crippen LogP contribution in [0.5, 0.6) is 17.8 Å². The van der Waals surface area contributed by atoms with Crippen LogP contribution in [0.15, 0.2) is 0 Å². The molecule has 0 aliphatic carbocycles. The van der Waals surface area contributed by atoms with Crippen molar-refractivity contribution in [3.8, 4) is 17.8 Å². The molecule has 0 atom stereocenters. The van der Waals surface area contributed by atoms with Crippen molar-refractivity contribution in [1.29, 1.82) is 0 Å². The first kappa shape index (κ1) is 22.8. The van der Waals surface area contributed by atoms with Crippen molar-refractivity contribution in [2.75, 3.05) is 0 Å². The summed E-state index contributed by atoms with van der Waals surface area (Å²) in [6.45, 7) is 21.1. The predicted octanol–water partition coefficient (Wildman–Crippen LogP) is 5.01. The number of aryl methyl sites for hydroxylation is 1. The number of hydrogen-bond donors (Lipinski definition) is 0. The smallest absolute Gasteiger partial charge is 0.308 e. The van der Waals surface area contributed by atoms with Gasteiger partial charge in [0, 0.05) is 0 Å². The van der Waals surface area contributed by atoms with Crippen LogP contribution in [0.25, 0.3) is 11.2 Å². The standard InChI is InChI=1S/C18H34N4O3Si3/c1-11-12-13-16(23-26(2,3)4)20-15-14(19-13)17(24-27(5,6)7)22-18(21-15)25-28(8,9)10/h11-12H2,1-10H3. The average molecular weight is 439 g/mol. The van der Waals surface area contributed by atoms with Gasteiger partial charge in [0.25, 0.3) is 0 Å². The van der Waals surface area contributed by atoms with Gasteiger partial charge in [-0.3, -0.25) is 0 Å². The lowest BCUT2D eigenvalue weighted by Gasteiger charge is -2.23. The fourth-order valence-corrected chi connectivity index (χ4v) is 4.48. The molecule has 0 saturated carbocycles. The number of fused-ring (bicyclic) bond motifs is 1. The Bertz CT molecular complexity index is 843. The van der Waals surface area contributed by atoms with Crippen LogP contribution in [0.1, 0.15) is 19.0 Å². The highest BCUT2D eigenvalue weighted by atomic mass is 28.4. The summed E-state index contributed by atoms with van der Waals surface area (Å²) >= 11 is 0. The second-order valence-electron chi connectivity index (χ2n) is 9.85. The third kappa shape index (κ3) is 6.82. The summed E-state index contributed by atoms with van der Waals surface area (Å²) in [5, 5.41) is 0. The Morgan fingerprint density at radius 1 is 0.643 bits per heavy atom. The molecular weight excluding hydrogens is 404 g/mol. The first-order valence-corrected chi connectivity index (χ1v) is 20.0. The lowest BCUT2D eigenvalue weighted by molar-refractivity contribution is 0.478. The number of hydrogen-bond acceptors (Lipinski definition) is 7. The van der Waals surface area contributed by atoms with E-state index in [0.29, 0.717) is 28.9 Å². The monoisotopic (exact) mass is 438 g/mol. The number of aromatic nitrogens is 4. The van der Waals surface area contributed by atoms with Gasteiger partial charge in [0.2, 0.25) is 36.7 Å². The van der Waals surface area contributed by atoms with E-state index < -0.39 is 25.0 Å². The lowest BCUT2D eigenvalue weighted by Crippen LogP contribution is -2.32. The van der Waals surface area contributed by atoms with Crippen molar-refractivity contribution < 1.29 is 13.3 Å². The highest BCUT2D eigenvalue weighted by molar-refractivity contribution is 6.71. The molecule has 2 rings (SSSR count). The van der Waals surface area contributed by atoms with Crippen LogP contribution in [-0.4, -0.2) is 44.9 Å². The molecule has 0 radical (unpaired) electrons. The molecule has 0 N–H and O–H groups in total. The van der Waals surface area contributed by atoms with Crippen LogP contribution in [0.3, 0.4) is 0 Å². The molecule has 0 aromatic carbocycles. The Balaban J connectivity index is 2.70. The third-order valence-electron chi connectivity index (χ3n) is 3.20. The summed E-state index contributed by atoms with van der Waals surface area (Å²) in [4.78, 5) is 18.7. The molecule has 0 aliphatic heterocycles. The summed E-state index contributed by atoms with van der Waals surface area (Å²) in [5.74, 6) is 1.03. The molecule has 2 heterocycles. The second kappa shape index (κ2) is 8.07. The van der Waals surface area contributed by atoms with Crippen LogP contribution in [0, 0.1) is 0 Å². The van der Waals surface area contributed by atoms with Crippen LogP contribution < -0.4 is 13.3 Å². The van der Waals surface area contributed by atoms with Crippen molar-refractivity contribution >= 4 is 36.1 Å². The van der Waals surface area contributed by atoms with Gasteiger partial charge in [-0.2, -0.15) is 15.0 Å². The predicted molar refractivity (Wildman–Crippen MR) is 121 cm³/mol.